The van der Waals surface area contributed by atoms with E-state index in [0.29, 0.717) is 16.4 Å². The van der Waals surface area contributed by atoms with Gasteiger partial charge in [0, 0.05) is 7.05 Å². The summed E-state index contributed by atoms with van der Waals surface area (Å²) in [6.45, 7) is 3.66. The predicted molar refractivity (Wildman–Crippen MR) is 68.2 cm³/mol. The lowest BCUT2D eigenvalue weighted by Gasteiger charge is -2.12. The average molecular weight is 241 g/mol. The minimum absolute atomic E-state index is 0.384. The number of anilines is 1. The van der Waals surface area contributed by atoms with E-state index in [2.05, 4.69) is 10.3 Å². The van der Waals surface area contributed by atoms with Crippen molar-refractivity contribution in [2.45, 2.75) is 26.7 Å². The lowest BCUT2D eigenvalue weighted by molar-refractivity contribution is 0.800. The smallest absolute Gasteiger partial charge is 0.329 e. The van der Waals surface area contributed by atoms with Crippen LogP contribution in [0.3, 0.4) is 0 Å². The zero-order valence-corrected chi connectivity index (χ0v) is 10.4. The van der Waals surface area contributed by atoms with Gasteiger partial charge in [-0.3, -0.25) is 14.3 Å². The van der Waals surface area contributed by atoms with Crippen LogP contribution in [0.25, 0.3) is 0 Å². The Morgan fingerprint density at radius 3 is 2.69 bits per heavy atom. The number of hydrogen-bond acceptors (Lipinski definition) is 3. The first-order valence-corrected chi connectivity index (χ1v) is 5.48. The SMILES string of the molecule is CCCC(=S)Nc1c(C)c(=O)[nH]c(=O)n1C. The minimum atomic E-state index is -0.447. The maximum absolute atomic E-state index is 11.4. The predicted octanol–water partition coefficient (Wildman–Crippen LogP) is 0.921. The first kappa shape index (κ1) is 12.6. The van der Waals surface area contributed by atoms with Crippen LogP contribution in [0.1, 0.15) is 25.3 Å². The summed E-state index contributed by atoms with van der Waals surface area (Å²) in [5, 5.41) is 2.94. The molecule has 0 bridgehead atoms. The van der Waals surface area contributed by atoms with Crippen LogP contribution < -0.4 is 16.6 Å². The van der Waals surface area contributed by atoms with Crippen LogP contribution in [0.4, 0.5) is 5.82 Å². The zero-order chi connectivity index (χ0) is 12.3. The Morgan fingerprint density at radius 2 is 2.12 bits per heavy atom. The van der Waals surface area contributed by atoms with E-state index in [-0.39, 0.29) is 5.56 Å². The van der Waals surface area contributed by atoms with Crippen molar-refractivity contribution in [1.29, 1.82) is 0 Å². The molecule has 0 aromatic carbocycles. The molecule has 0 aliphatic heterocycles. The Labute approximate surface area is 98.5 Å². The third-order valence-electron chi connectivity index (χ3n) is 2.29. The standard InChI is InChI=1S/C10H15N3O2S/c1-4-5-7(16)11-8-6(2)9(14)12-10(15)13(8)3/h4-5H2,1-3H3,(H,11,16)(H,12,14,15). The van der Waals surface area contributed by atoms with Gasteiger partial charge >= 0.3 is 5.69 Å². The monoisotopic (exact) mass is 241 g/mol. The average Bonchev–Trinajstić information content (AvgIpc) is 2.22. The largest absolute Gasteiger partial charge is 0.336 e. The molecule has 0 amide bonds. The van der Waals surface area contributed by atoms with Crippen LogP contribution in [0, 0.1) is 6.92 Å². The van der Waals surface area contributed by atoms with Gasteiger partial charge < -0.3 is 5.32 Å². The van der Waals surface area contributed by atoms with E-state index in [1.807, 2.05) is 6.92 Å². The number of aromatic nitrogens is 2. The molecule has 0 atom stereocenters. The molecule has 1 rings (SSSR count). The molecule has 1 heterocycles. The topological polar surface area (TPSA) is 66.9 Å². The molecule has 0 aliphatic carbocycles. The van der Waals surface area contributed by atoms with E-state index >= 15 is 0 Å². The van der Waals surface area contributed by atoms with Crippen molar-refractivity contribution in [3.63, 3.8) is 0 Å². The Balaban J connectivity index is 3.18. The quantitative estimate of drug-likeness (QED) is 0.772. The molecule has 2 N–H and O–H groups in total. The van der Waals surface area contributed by atoms with Crippen molar-refractivity contribution in [3.8, 4) is 0 Å². The molecular formula is C10H15N3O2S. The van der Waals surface area contributed by atoms with Crippen LogP contribution in [0.5, 0.6) is 0 Å². The summed E-state index contributed by atoms with van der Waals surface area (Å²) in [5.74, 6) is 0.465. The third kappa shape index (κ3) is 2.57. The fraction of sp³-hybridized carbons (Fsp3) is 0.500. The molecule has 1 aromatic rings. The van der Waals surface area contributed by atoms with Gasteiger partial charge in [0.2, 0.25) is 0 Å². The van der Waals surface area contributed by atoms with Crippen LogP contribution >= 0.6 is 12.2 Å². The fourth-order valence-corrected chi connectivity index (χ4v) is 1.64. The van der Waals surface area contributed by atoms with Crippen molar-refractivity contribution in [1.82, 2.24) is 9.55 Å². The minimum Gasteiger partial charge on any atom is -0.336 e. The van der Waals surface area contributed by atoms with Gasteiger partial charge in [-0.1, -0.05) is 19.1 Å². The van der Waals surface area contributed by atoms with E-state index in [1.165, 1.54) is 4.57 Å². The third-order valence-corrected chi connectivity index (χ3v) is 2.60. The van der Waals surface area contributed by atoms with Crippen molar-refractivity contribution < 1.29 is 0 Å². The van der Waals surface area contributed by atoms with Gasteiger partial charge in [-0.15, -0.1) is 0 Å². The summed E-state index contributed by atoms with van der Waals surface area (Å²) in [7, 11) is 1.59. The van der Waals surface area contributed by atoms with Crippen molar-refractivity contribution in [2.75, 3.05) is 5.32 Å². The second kappa shape index (κ2) is 5.07. The van der Waals surface area contributed by atoms with Gasteiger partial charge in [0.25, 0.3) is 5.56 Å². The van der Waals surface area contributed by atoms with Crippen molar-refractivity contribution in [2.24, 2.45) is 7.05 Å². The van der Waals surface area contributed by atoms with Crippen LogP contribution in [0.2, 0.25) is 0 Å². The number of rotatable bonds is 3. The second-order valence-electron chi connectivity index (χ2n) is 3.59. The van der Waals surface area contributed by atoms with Gasteiger partial charge in [-0.05, 0) is 19.8 Å². The summed E-state index contributed by atoms with van der Waals surface area (Å²) in [6, 6.07) is 0. The number of aromatic amines is 1. The highest BCUT2D eigenvalue weighted by Gasteiger charge is 2.09. The van der Waals surface area contributed by atoms with Gasteiger partial charge in [-0.25, -0.2) is 4.79 Å². The molecule has 0 spiro atoms. The summed E-state index contributed by atoms with van der Waals surface area (Å²) < 4.78 is 1.35. The Morgan fingerprint density at radius 1 is 1.50 bits per heavy atom. The van der Waals surface area contributed by atoms with Crippen LogP contribution in [-0.4, -0.2) is 14.5 Å². The highest BCUT2D eigenvalue weighted by Crippen LogP contribution is 2.07. The maximum Gasteiger partial charge on any atom is 0.329 e. The normalized spacial score (nSPS) is 10.2. The summed E-state index contributed by atoms with van der Waals surface area (Å²) in [6.07, 6.45) is 1.65. The molecule has 0 unspecified atom stereocenters. The van der Waals surface area contributed by atoms with E-state index in [9.17, 15) is 9.59 Å². The van der Waals surface area contributed by atoms with Gasteiger partial charge in [0.15, 0.2) is 0 Å². The van der Waals surface area contributed by atoms with Crippen molar-refractivity contribution >= 4 is 23.0 Å². The van der Waals surface area contributed by atoms with E-state index in [0.717, 1.165) is 12.8 Å². The van der Waals surface area contributed by atoms with Gasteiger partial charge in [0.05, 0.1) is 10.6 Å². The lowest BCUT2D eigenvalue weighted by Crippen LogP contribution is -2.33. The first-order valence-electron chi connectivity index (χ1n) is 5.07. The molecule has 0 saturated heterocycles. The number of nitrogens with zero attached hydrogens (tertiary/aromatic N) is 1. The summed E-state index contributed by atoms with van der Waals surface area (Å²) >= 11 is 5.10. The Bertz CT molecular complexity index is 482. The molecule has 88 valence electrons. The van der Waals surface area contributed by atoms with Gasteiger partial charge in [-0.2, -0.15) is 0 Å². The molecule has 6 heteroatoms. The number of nitrogens with one attached hydrogen (secondary N) is 2. The highest BCUT2D eigenvalue weighted by molar-refractivity contribution is 7.80. The van der Waals surface area contributed by atoms with Crippen molar-refractivity contribution in [3.05, 3.63) is 26.4 Å². The zero-order valence-electron chi connectivity index (χ0n) is 9.59. The van der Waals surface area contributed by atoms with E-state index in [1.54, 1.807) is 14.0 Å². The second-order valence-corrected chi connectivity index (χ2v) is 4.08. The summed E-state index contributed by atoms with van der Waals surface area (Å²) in [5.41, 5.74) is -0.372. The molecule has 0 saturated carbocycles. The molecule has 5 nitrogen and oxygen atoms in total. The molecule has 16 heavy (non-hydrogen) atoms. The van der Waals surface area contributed by atoms with E-state index in [4.69, 9.17) is 12.2 Å². The van der Waals surface area contributed by atoms with Crippen LogP contribution in [-0.2, 0) is 7.05 Å². The molecule has 0 radical (unpaired) electrons. The van der Waals surface area contributed by atoms with E-state index < -0.39 is 5.69 Å². The Kier molecular flexibility index (Phi) is 4.00. The first-order chi connectivity index (χ1) is 7.47. The molecule has 0 aliphatic rings. The Hall–Kier alpha value is -1.43. The molecule has 1 aromatic heterocycles. The van der Waals surface area contributed by atoms with Crippen LogP contribution in [0.15, 0.2) is 9.59 Å². The number of thiocarbonyl (C=S) groups is 1. The maximum atomic E-state index is 11.4. The summed E-state index contributed by atoms with van der Waals surface area (Å²) in [4.78, 5) is 25.6. The van der Waals surface area contributed by atoms with Gasteiger partial charge in [0.1, 0.15) is 5.82 Å². The lowest BCUT2D eigenvalue weighted by atomic mass is 10.3. The fourth-order valence-electron chi connectivity index (χ4n) is 1.33. The molecular weight excluding hydrogens is 226 g/mol. The molecule has 0 fully saturated rings. The number of H-pyrrole nitrogens is 1. The highest BCUT2D eigenvalue weighted by atomic mass is 32.1. The number of hydrogen-bond donors (Lipinski definition) is 2.